The average Bonchev–Trinajstić information content (AvgIpc) is 2.76. The molecular weight excluding hydrogens is 198 g/mol. The zero-order valence-electron chi connectivity index (χ0n) is 10.9. The molecule has 0 aliphatic carbocycles. The van der Waals surface area contributed by atoms with Crippen LogP contribution < -0.4 is 5.32 Å². The van der Waals surface area contributed by atoms with Crippen molar-refractivity contribution in [1.82, 2.24) is 15.1 Å². The van der Waals surface area contributed by atoms with Gasteiger partial charge in [-0.25, -0.2) is 0 Å². The Morgan fingerprint density at radius 1 is 1.38 bits per heavy atom. The van der Waals surface area contributed by atoms with Crippen molar-refractivity contribution in [2.75, 3.05) is 13.1 Å². The lowest BCUT2D eigenvalue weighted by Crippen LogP contribution is -2.16. The van der Waals surface area contributed by atoms with Gasteiger partial charge >= 0.3 is 0 Å². The Labute approximate surface area is 99.2 Å². The number of rotatable bonds is 8. The second-order valence-electron chi connectivity index (χ2n) is 4.44. The molecule has 1 aromatic rings. The molecule has 1 atom stereocenters. The van der Waals surface area contributed by atoms with Gasteiger partial charge in [-0.3, -0.25) is 4.68 Å². The largest absolute Gasteiger partial charge is 0.317 e. The summed E-state index contributed by atoms with van der Waals surface area (Å²) >= 11 is 0. The lowest BCUT2D eigenvalue weighted by Gasteiger charge is -2.07. The van der Waals surface area contributed by atoms with E-state index in [1.54, 1.807) is 0 Å². The highest BCUT2D eigenvalue weighted by Gasteiger charge is 2.03. The molecule has 3 heteroatoms. The zero-order valence-corrected chi connectivity index (χ0v) is 10.9. The highest BCUT2D eigenvalue weighted by atomic mass is 15.3. The first-order valence-electron chi connectivity index (χ1n) is 6.51. The number of aromatic nitrogens is 2. The lowest BCUT2D eigenvalue weighted by atomic mass is 10.2. The SMILES string of the molecule is CCCNCCCc1cnn(C(C)CC)c1. The molecule has 3 nitrogen and oxygen atoms in total. The van der Waals surface area contributed by atoms with Crippen LogP contribution in [0.4, 0.5) is 0 Å². The standard InChI is InChI=1S/C13H25N3/c1-4-8-14-9-6-7-13-10-15-16(11-13)12(3)5-2/h10-12,14H,4-9H2,1-3H3. The van der Waals surface area contributed by atoms with Crippen LogP contribution in [0.15, 0.2) is 12.4 Å². The smallest absolute Gasteiger partial charge is 0.0521 e. The Morgan fingerprint density at radius 2 is 2.19 bits per heavy atom. The summed E-state index contributed by atoms with van der Waals surface area (Å²) in [7, 11) is 0. The predicted molar refractivity (Wildman–Crippen MR) is 68.7 cm³/mol. The normalized spacial score (nSPS) is 12.9. The highest BCUT2D eigenvalue weighted by Crippen LogP contribution is 2.10. The van der Waals surface area contributed by atoms with E-state index < -0.39 is 0 Å². The van der Waals surface area contributed by atoms with Gasteiger partial charge in [0.25, 0.3) is 0 Å². The van der Waals surface area contributed by atoms with Crippen LogP contribution in [0.2, 0.25) is 0 Å². The summed E-state index contributed by atoms with van der Waals surface area (Å²) in [5.41, 5.74) is 1.36. The Hall–Kier alpha value is -0.830. The molecule has 0 saturated heterocycles. The number of hydrogen-bond donors (Lipinski definition) is 1. The molecule has 0 amide bonds. The van der Waals surface area contributed by atoms with E-state index >= 15 is 0 Å². The summed E-state index contributed by atoms with van der Waals surface area (Å²) in [5.74, 6) is 0. The van der Waals surface area contributed by atoms with Gasteiger partial charge in [-0.1, -0.05) is 13.8 Å². The molecule has 0 spiro atoms. The van der Waals surface area contributed by atoms with Crippen LogP contribution in [0.5, 0.6) is 0 Å². The van der Waals surface area contributed by atoms with Gasteiger partial charge in [0.2, 0.25) is 0 Å². The molecule has 0 bridgehead atoms. The topological polar surface area (TPSA) is 29.9 Å². The van der Waals surface area contributed by atoms with Crippen molar-refractivity contribution in [3.63, 3.8) is 0 Å². The van der Waals surface area contributed by atoms with E-state index in [-0.39, 0.29) is 0 Å². The summed E-state index contributed by atoms with van der Waals surface area (Å²) in [6.07, 6.45) is 8.88. The van der Waals surface area contributed by atoms with Gasteiger partial charge in [0.1, 0.15) is 0 Å². The Morgan fingerprint density at radius 3 is 2.88 bits per heavy atom. The summed E-state index contributed by atoms with van der Waals surface area (Å²) in [4.78, 5) is 0. The van der Waals surface area contributed by atoms with E-state index in [2.05, 4.69) is 42.1 Å². The van der Waals surface area contributed by atoms with Crippen molar-refractivity contribution < 1.29 is 0 Å². The summed E-state index contributed by atoms with van der Waals surface area (Å²) in [6, 6.07) is 0.520. The molecule has 92 valence electrons. The van der Waals surface area contributed by atoms with Crippen molar-refractivity contribution >= 4 is 0 Å². The zero-order chi connectivity index (χ0) is 11.8. The van der Waals surface area contributed by atoms with Crippen LogP contribution in [-0.4, -0.2) is 22.9 Å². The van der Waals surface area contributed by atoms with Gasteiger partial charge in [0.15, 0.2) is 0 Å². The molecule has 0 fully saturated rings. The van der Waals surface area contributed by atoms with Gasteiger partial charge in [0, 0.05) is 12.2 Å². The van der Waals surface area contributed by atoms with E-state index in [0.717, 1.165) is 25.9 Å². The maximum Gasteiger partial charge on any atom is 0.0521 e. The van der Waals surface area contributed by atoms with Gasteiger partial charge in [-0.2, -0.15) is 5.10 Å². The highest BCUT2D eigenvalue weighted by molar-refractivity contribution is 5.04. The summed E-state index contributed by atoms with van der Waals surface area (Å²) in [6.45, 7) is 8.85. The van der Waals surface area contributed by atoms with Crippen LogP contribution in [0, 0.1) is 0 Å². The van der Waals surface area contributed by atoms with Crippen molar-refractivity contribution in [1.29, 1.82) is 0 Å². The van der Waals surface area contributed by atoms with Gasteiger partial charge in [0.05, 0.1) is 6.20 Å². The number of aryl methyl sites for hydroxylation is 1. The lowest BCUT2D eigenvalue weighted by molar-refractivity contribution is 0.477. The molecular formula is C13H25N3. The first-order valence-corrected chi connectivity index (χ1v) is 6.51. The van der Waals surface area contributed by atoms with Gasteiger partial charge < -0.3 is 5.32 Å². The van der Waals surface area contributed by atoms with Gasteiger partial charge in [-0.05, 0) is 51.3 Å². The van der Waals surface area contributed by atoms with Gasteiger partial charge in [-0.15, -0.1) is 0 Å². The Kier molecular flexibility index (Phi) is 6.16. The molecule has 0 aliphatic heterocycles. The molecule has 1 N–H and O–H groups in total. The van der Waals surface area contributed by atoms with Crippen molar-refractivity contribution in [2.24, 2.45) is 0 Å². The summed E-state index contributed by atoms with van der Waals surface area (Å²) in [5, 5.41) is 7.82. The third-order valence-electron chi connectivity index (χ3n) is 2.94. The maximum atomic E-state index is 4.40. The third kappa shape index (κ3) is 4.35. The maximum absolute atomic E-state index is 4.40. The molecule has 1 unspecified atom stereocenters. The molecule has 0 aliphatic rings. The van der Waals surface area contributed by atoms with E-state index in [1.165, 1.54) is 18.4 Å². The second-order valence-corrected chi connectivity index (χ2v) is 4.44. The first-order chi connectivity index (χ1) is 7.77. The fourth-order valence-corrected chi connectivity index (χ4v) is 1.65. The molecule has 0 aromatic carbocycles. The van der Waals surface area contributed by atoms with Crippen molar-refractivity contribution in [3.8, 4) is 0 Å². The number of hydrogen-bond acceptors (Lipinski definition) is 2. The van der Waals surface area contributed by atoms with E-state index in [1.807, 2.05) is 6.20 Å². The molecule has 0 radical (unpaired) electrons. The third-order valence-corrected chi connectivity index (χ3v) is 2.94. The minimum absolute atomic E-state index is 0.520. The molecule has 1 rings (SSSR count). The minimum Gasteiger partial charge on any atom is -0.317 e. The van der Waals surface area contributed by atoms with E-state index in [0.29, 0.717) is 6.04 Å². The Bertz CT molecular complexity index is 280. The van der Waals surface area contributed by atoms with E-state index in [9.17, 15) is 0 Å². The predicted octanol–water partition coefficient (Wildman–Crippen LogP) is 2.79. The minimum atomic E-state index is 0.520. The first kappa shape index (κ1) is 13.2. The van der Waals surface area contributed by atoms with Crippen LogP contribution in [0.3, 0.4) is 0 Å². The number of nitrogens with one attached hydrogen (secondary N) is 1. The average molecular weight is 223 g/mol. The van der Waals surface area contributed by atoms with Crippen LogP contribution >= 0.6 is 0 Å². The monoisotopic (exact) mass is 223 g/mol. The van der Waals surface area contributed by atoms with Crippen molar-refractivity contribution in [2.45, 2.75) is 52.5 Å². The van der Waals surface area contributed by atoms with E-state index in [4.69, 9.17) is 0 Å². The van der Waals surface area contributed by atoms with Crippen LogP contribution in [0.1, 0.15) is 51.6 Å². The molecule has 16 heavy (non-hydrogen) atoms. The fraction of sp³-hybridized carbons (Fsp3) is 0.769. The summed E-state index contributed by atoms with van der Waals surface area (Å²) < 4.78 is 2.08. The van der Waals surface area contributed by atoms with Crippen LogP contribution in [0.25, 0.3) is 0 Å². The fourth-order valence-electron chi connectivity index (χ4n) is 1.65. The second kappa shape index (κ2) is 7.44. The van der Waals surface area contributed by atoms with Crippen LogP contribution in [-0.2, 0) is 6.42 Å². The molecule has 0 saturated carbocycles. The Balaban J connectivity index is 2.24. The number of nitrogens with zero attached hydrogens (tertiary/aromatic N) is 2. The molecule has 1 heterocycles. The molecule has 1 aromatic heterocycles. The van der Waals surface area contributed by atoms with Crippen molar-refractivity contribution in [3.05, 3.63) is 18.0 Å². The quantitative estimate of drug-likeness (QED) is 0.687.